The lowest BCUT2D eigenvalue weighted by atomic mass is 10.1. The van der Waals surface area contributed by atoms with Crippen molar-refractivity contribution in [2.24, 2.45) is 0 Å². The van der Waals surface area contributed by atoms with Gasteiger partial charge in [0.15, 0.2) is 0 Å². The van der Waals surface area contributed by atoms with Crippen LogP contribution in [-0.2, 0) is 9.59 Å². The number of unbranched alkanes of at least 4 members (excludes halogenated alkanes) is 20. The lowest BCUT2D eigenvalue weighted by Gasteiger charge is -2.28. The molecule has 2 N–H and O–H groups in total. The maximum Gasteiger partial charge on any atom is 0.221 e. The van der Waals surface area contributed by atoms with Crippen LogP contribution >= 0.6 is 0 Å². The summed E-state index contributed by atoms with van der Waals surface area (Å²) in [6, 6.07) is 0. The maximum absolute atomic E-state index is 12.4. The quantitative estimate of drug-likeness (QED) is 0.0649. The number of nitrogens with one attached hydrogen (secondary N) is 2. The van der Waals surface area contributed by atoms with Crippen LogP contribution in [0.3, 0.4) is 0 Å². The molecule has 5 nitrogen and oxygen atoms in total. The van der Waals surface area contributed by atoms with Crippen molar-refractivity contribution in [3.05, 3.63) is 0 Å². The number of nitrogens with zero attached hydrogens (tertiary/aromatic N) is 1. The van der Waals surface area contributed by atoms with Crippen molar-refractivity contribution in [1.82, 2.24) is 15.5 Å². The number of amides is 2. The summed E-state index contributed by atoms with van der Waals surface area (Å²) < 4.78 is 0. The summed E-state index contributed by atoms with van der Waals surface area (Å²) in [5, 5.41) is 6.27. The van der Waals surface area contributed by atoms with Crippen LogP contribution in [-0.4, -0.2) is 42.5 Å². The van der Waals surface area contributed by atoms with Gasteiger partial charge >= 0.3 is 0 Å². The average Bonchev–Trinajstić information content (AvgIpc) is 2.94. The predicted octanol–water partition coefficient (Wildman–Crippen LogP) is 9.68. The highest BCUT2D eigenvalue weighted by molar-refractivity contribution is 5.76. The van der Waals surface area contributed by atoms with Crippen molar-refractivity contribution in [3.63, 3.8) is 0 Å². The molecule has 1 atom stereocenters. The first-order chi connectivity index (χ1) is 19.5. The lowest BCUT2D eigenvalue weighted by molar-refractivity contribution is -0.123. The van der Waals surface area contributed by atoms with Crippen molar-refractivity contribution in [2.75, 3.05) is 19.6 Å². The molecule has 1 unspecified atom stereocenters. The molecular formula is C35H71N3O2. The second-order valence-electron chi connectivity index (χ2n) is 12.1. The highest BCUT2D eigenvalue weighted by Gasteiger charge is 2.14. The van der Waals surface area contributed by atoms with Gasteiger partial charge in [0.05, 0.1) is 6.17 Å². The molecule has 0 aromatic rings. The Bertz CT molecular complexity index is 555. The van der Waals surface area contributed by atoms with E-state index >= 15 is 0 Å². The molecule has 0 bridgehead atoms. The molecular weight excluding hydrogens is 494 g/mol. The van der Waals surface area contributed by atoms with Crippen LogP contribution < -0.4 is 10.6 Å². The summed E-state index contributed by atoms with van der Waals surface area (Å²) in [7, 11) is 0. The van der Waals surface area contributed by atoms with Crippen LogP contribution in [0, 0.1) is 0 Å². The number of carbonyl (C=O) groups is 2. The van der Waals surface area contributed by atoms with E-state index in [1.807, 2.05) is 0 Å². The van der Waals surface area contributed by atoms with Gasteiger partial charge in [0.2, 0.25) is 11.8 Å². The van der Waals surface area contributed by atoms with Gasteiger partial charge in [0, 0.05) is 25.9 Å². The molecule has 0 fully saturated rings. The van der Waals surface area contributed by atoms with E-state index in [0.29, 0.717) is 19.4 Å². The Labute approximate surface area is 250 Å². The molecule has 40 heavy (non-hydrogen) atoms. The largest absolute Gasteiger partial charge is 0.356 e. The summed E-state index contributed by atoms with van der Waals surface area (Å²) >= 11 is 0. The third-order valence-electron chi connectivity index (χ3n) is 8.28. The zero-order valence-corrected chi connectivity index (χ0v) is 27.6. The minimum absolute atomic E-state index is 0.0391. The Morgan fingerprint density at radius 1 is 0.525 bits per heavy atom. The van der Waals surface area contributed by atoms with E-state index in [2.05, 4.69) is 43.2 Å². The molecule has 238 valence electrons. The van der Waals surface area contributed by atoms with E-state index in [9.17, 15) is 9.59 Å². The van der Waals surface area contributed by atoms with Gasteiger partial charge in [-0.25, -0.2) is 0 Å². The van der Waals surface area contributed by atoms with Crippen molar-refractivity contribution >= 4 is 11.8 Å². The van der Waals surface area contributed by atoms with E-state index in [1.54, 1.807) is 0 Å². The highest BCUT2D eigenvalue weighted by Crippen LogP contribution is 2.13. The SMILES string of the molecule is CCCCCCCCCCCCCC(=O)NCCCN(CC)C(C)NC(=O)CCCCCCCCCCCCC. The van der Waals surface area contributed by atoms with E-state index in [-0.39, 0.29) is 18.0 Å². The first kappa shape index (κ1) is 38.9. The Balaban J connectivity index is 3.66. The fraction of sp³-hybridized carbons (Fsp3) is 0.943. The van der Waals surface area contributed by atoms with E-state index < -0.39 is 0 Å². The molecule has 0 saturated heterocycles. The Morgan fingerprint density at radius 2 is 0.900 bits per heavy atom. The van der Waals surface area contributed by atoms with Gasteiger partial charge in [-0.3, -0.25) is 14.5 Å². The summed E-state index contributed by atoms with van der Waals surface area (Å²) in [4.78, 5) is 26.9. The zero-order valence-electron chi connectivity index (χ0n) is 27.6. The molecule has 0 rings (SSSR count). The number of hydrogen-bond acceptors (Lipinski definition) is 3. The Kier molecular flexibility index (Phi) is 30.0. The molecule has 0 aliphatic carbocycles. The van der Waals surface area contributed by atoms with Gasteiger partial charge in [-0.05, 0) is 32.7 Å². The van der Waals surface area contributed by atoms with Crippen molar-refractivity contribution in [3.8, 4) is 0 Å². The second kappa shape index (κ2) is 30.8. The lowest BCUT2D eigenvalue weighted by Crippen LogP contribution is -2.47. The third kappa shape index (κ3) is 27.1. The highest BCUT2D eigenvalue weighted by atomic mass is 16.2. The normalized spacial score (nSPS) is 12.1. The summed E-state index contributed by atoms with van der Waals surface area (Å²) in [6.07, 6.45) is 30.9. The van der Waals surface area contributed by atoms with Gasteiger partial charge in [-0.1, -0.05) is 149 Å². The molecule has 2 amide bonds. The number of carbonyl (C=O) groups excluding carboxylic acids is 2. The van der Waals surface area contributed by atoms with Crippen molar-refractivity contribution in [1.29, 1.82) is 0 Å². The molecule has 0 radical (unpaired) electrons. The van der Waals surface area contributed by atoms with Crippen LogP contribution in [0.5, 0.6) is 0 Å². The Morgan fingerprint density at radius 3 is 1.30 bits per heavy atom. The Hall–Kier alpha value is -1.10. The first-order valence-corrected chi connectivity index (χ1v) is 17.8. The molecule has 0 saturated carbocycles. The number of hydrogen-bond donors (Lipinski definition) is 2. The topological polar surface area (TPSA) is 61.4 Å². The second-order valence-corrected chi connectivity index (χ2v) is 12.1. The van der Waals surface area contributed by atoms with Crippen LogP contribution in [0.1, 0.15) is 188 Å². The fourth-order valence-corrected chi connectivity index (χ4v) is 5.52. The third-order valence-corrected chi connectivity index (χ3v) is 8.28. The van der Waals surface area contributed by atoms with Crippen LogP contribution in [0.4, 0.5) is 0 Å². The molecule has 0 aromatic heterocycles. The molecule has 0 heterocycles. The summed E-state index contributed by atoms with van der Waals surface area (Å²) in [5.41, 5.74) is 0. The molecule has 0 aliphatic rings. The van der Waals surface area contributed by atoms with Gasteiger partial charge in [-0.15, -0.1) is 0 Å². The maximum atomic E-state index is 12.4. The van der Waals surface area contributed by atoms with Crippen molar-refractivity contribution < 1.29 is 9.59 Å². The zero-order chi connectivity index (χ0) is 29.5. The van der Waals surface area contributed by atoms with Gasteiger partial charge < -0.3 is 10.6 Å². The van der Waals surface area contributed by atoms with Gasteiger partial charge in [0.25, 0.3) is 0 Å². The van der Waals surface area contributed by atoms with E-state index in [1.165, 1.54) is 122 Å². The standard InChI is InChI=1S/C35H71N3O2/c1-5-8-10-12-14-16-18-20-22-24-26-29-34(39)36-31-28-32-38(7-3)33(4)37-35(40)30-27-25-23-21-19-17-15-13-11-9-6-2/h33H,5-32H2,1-4H3,(H,36,39)(H,37,40). The molecule has 0 aliphatic heterocycles. The molecule has 5 heteroatoms. The summed E-state index contributed by atoms with van der Waals surface area (Å²) in [5.74, 6) is 0.356. The fourth-order valence-electron chi connectivity index (χ4n) is 5.52. The van der Waals surface area contributed by atoms with Crippen LogP contribution in [0.2, 0.25) is 0 Å². The minimum Gasteiger partial charge on any atom is -0.356 e. The average molecular weight is 566 g/mol. The first-order valence-electron chi connectivity index (χ1n) is 17.8. The molecule has 0 spiro atoms. The predicted molar refractivity (Wildman–Crippen MR) is 175 cm³/mol. The minimum atomic E-state index is 0.0391. The van der Waals surface area contributed by atoms with Gasteiger partial charge in [0.1, 0.15) is 0 Å². The van der Waals surface area contributed by atoms with Crippen LogP contribution in [0.15, 0.2) is 0 Å². The monoisotopic (exact) mass is 566 g/mol. The molecule has 0 aromatic carbocycles. The van der Waals surface area contributed by atoms with E-state index in [0.717, 1.165) is 38.8 Å². The van der Waals surface area contributed by atoms with Gasteiger partial charge in [-0.2, -0.15) is 0 Å². The van der Waals surface area contributed by atoms with Crippen LogP contribution in [0.25, 0.3) is 0 Å². The smallest absolute Gasteiger partial charge is 0.221 e. The summed E-state index contributed by atoms with van der Waals surface area (Å²) in [6.45, 7) is 11.2. The van der Waals surface area contributed by atoms with Crippen molar-refractivity contribution in [2.45, 2.75) is 194 Å². The number of rotatable bonds is 31. The van der Waals surface area contributed by atoms with E-state index in [4.69, 9.17) is 0 Å².